The first-order valence-electron chi connectivity index (χ1n) is 6.58. The number of nitrogens with zero attached hydrogens (tertiary/aromatic N) is 3. The number of aromatic nitrogens is 2. The van der Waals surface area contributed by atoms with Gasteiger partial charge in [-0.15, -0.1) is 0 Å². The lowest BCUT2D eigenvalue weighted by molar-refractivity contribution is -0.142. The fourth-order valence-electron chi connectivity index (χ4n) is 2.47. The molecule has 1 aromatic heterocycles. The van der Waals surface area contributed by atoms with Gasteiger partial charge in [0, 0.05) is 32.4 Å². The molecule has 2 atom stereocenters. The summed E-state index contributed by atoms with van der Waals surface area (Å²) in [5.74, 6) is -1.95. The fourth-order valence-corrected chi connectivity index (χ4v) is 2.47. The number of carboxylic acids is 1. The smallest absolute Gasteiger partial charge is 0.331 e. The van der Waals surface area contributed by atoms with Crippen molar-refractivity contribution in [3.63, 3.8) is 0 Å². The number of carbonyl (C=O) groups excluding carboxylic acids is 1. The van der Waals surface area contributed by atoms with Crippen molar-refractivity contribution in [1.82, 2.24) is 14.0 Å². The van der Waals surface area contributed by atoms with Crippen LogP contribution in [0.2, 0.25) is 0 Å². The normalized spacial score (nSPS) is 21.5. The van der Waals surface area contributed by atoms with E-state index in [1.54, 1.807) is 6.92 Å². The number of carboxylic acid groups (broad SMARTS) is 1. The van der Waals surface area contributed by atoms with Gasteiger partial charge in [-0.05, 0) is 5.92 Å². The Bertz CT molecular complexity index is 690. The van der Waals surface area contributed by atoms with E-state index in [9.17, 15) is 19.2 Å². The molecule has 1 N–H and O–H groups in total. The van der Waals surface area contributed by atoms with Crippen LogP contribution in [-0.4, -0.2) is 44.1 Å². The zero-order chi connectivity index (χ0) is 15.7. The molecule has 1 aliphatic heterocycles. The van der Waals surface area contributed by atoms with Crippen LogP contribution in [0.25, 0.3) is 0 Å². The molecule has 0 bridgehead atoms. The molecule has 2 rings (SSSR count). The number of rotatable bonds is 3. The maximum Gasteiger partial charge on any atom is 0.331 e. The van der Waals surface area contributed by atoms with Gasteiger partial charge in [0.1, 0.15) is 6.54 Å². The summed E-state index contributed by atoms with van der Waals surface area (Å²) in [6.45, 7) is 2.09. The molecule has 114 valence electrons. The Morgan fingerprint density at radius 3 is 2.57 bits per heavy atom. The van der Waals surface area contributed by atoms with E-state index in [4.69, 9.17) is 5.11 Å². The lowest BCUT2D eigenvalue weighted by atomic mass is 9.99. The van der Waals surface area contributed by atoms with Crippen LogP contribution >= 0.6 is 0 Å². The molecule has 1 amide bonds. The first-order chi connectivity index (χ1) is 9.81. The molecule has 2 heterocycles. The van der Waals surface area contributed by atoms with Crippen molar-refractivity contribution in [3.8, 4) is 0 Å². The molecular formula is C13H17N3O5. The summed E-state index contributed by atoms with van der Waals surface area (Å²) in [6.07, 6.45) is 1.27. The highest BCUT2D eigenvalue weighted by Crippen LogP contribution is 2.23. The van der Waals surface area contributed by atoms with Gasteiger partial charge in [0.2, 0.25) is 5.91 Å². The summed E-state index contributed by atoms with van der Waals surface area (Å²) in [5.41, 5.74) is -1.01. The van der Waals surface area contributed by atoms with Crippen molar-refractivity contribution in [2.75, 3.05) is 13.1 Å². The van der Waals surface area contributed by atoms with Gasteiger partial charge < -0.3 is 10.0 Å². The Morgan fingerprint density at radius 1 is 1.33 bits per heavy atom. The first kappa shape index (κ1) is 15.0. The predicted molar refractivity (Wildman–Crippen MR) is 72.8 cm³/mol. The Morgan fingerprint density at radius 2 is 2.00 bits per heavy atom. The summed E-state index contributed by atoms with van der Waals surface area (Å²) < 4.78 is 2.06. The Kier molecular flexibility index (Phi) is 3.97. The zero-order valence-corrected chi connectivity index (χ0v) is 11.9. The monoisotopic (exact) mass is 295 g/mol. The lowest BCUT2D eigenvalue weighted by Crippen LogP contribution is -2.41. The molecule has 8 heteroatoms. The molecule has 8 nitrogen and oxygen atoms in total. The van der Waals surface area contributed by atoms with Crippen molar-refractivity contribution >= 4 is 11.9 Å². The second kappa shape index (κ2) is 5.55. The molecule has 0 aromatic carbocycles. The van der Waals surface area contributed by atoms with Gasteiger partial charge in [0.15, 0.2) is 0 Å². The van der Waals surface area contributed by atoms with Crippen LogP contribution in [-0.2, 0) is 23.2 Å². The third kappa shape index (κ3) is 2.88. The van der Waals surface area contributed by atoms with Crippen LogP contribution in [0.5, 0.6) is 0 Å². The van der Waals surface area contributed by atoms with E-state index in [-0.39, 0.29) is 24.9 Å². The SMILES string of the molecule is C[C@@H]1CN(C(=O)Cn2ccc(=O)n(C)c2=O)C[C@H]1C(=O)O. The van der Waals surface area contributed by atoms with E-state index in [0.29, 0.717) is 6.54 Å². The Labute approximate surface area is 120 Å². The highest BCUT2D eigenvalue weighted by atomic mass is 16.4. The van der Waals surface area contributed by atoms with E-state index in [2.05, 4.69) is 0 Å². The summed E-state index contributed by atoms with van der Waals surface area (Å²) >= 11 is 0. The van der Waals surface area contributed by atoms with Crippen LogP contribution in [0.3, 0.4) is 0 Å². The van der Waals surface area contributed by atoms with Crippen LogP contribution in [0, 0.1) is 11.8 Å². The van der Waals surface area contributed by atoms with Gasteiger partial charge in [0.05, 0.1) is 5.92 Å². The van der Waals surface area contributed by atoms with Crippen molar-refractivity contribution < 1.29 is 14.7 Å². The number of hydrogen-bond acceptors (Lipinski definition) is 4. The summed E-state index contributed by atoms with van der Waals surface area (Å²) in [6, 6.07) is 1.21. The second-order valence-corrected chi connectivity index (χ2v) is 5.34. The first-order valence-corrected chi connectivity index (χ1v) is 6.58. The van der Waals surface area contributed by atoms with E-state index >= 15 is 0 Å². The van der Waals surface area contributed by atoms with Gasteiger partial charge in [-0.3, -0.25) is 23.5 Å². The second-order valence-electron chi connectivity index (χ2n) is 5.34. The number of hydrogen-bond donors (Lipinski definition) is 1. The molecule has 21 heavy (non-hydrogen) atoms. The highest BCUT2D eigenvalue weighted by molar-refractivity contribution is 5.78. The van der Waals surface area contributed by atoms with E-state index in [1.807, 2.05) is 0 Å². The largest absolute Gasteiger partial charge is 0.481 e. The van der Waals surface area contributed by atoms with Crippen molar-refractivity contribution in [2.45, 2.75) is 13.5 Å². The molecule has 0 saturated carbocycles. The molecule has 1 aromatic rings. The maximum atomic E-state index is 12.2. The standard InChI is InChI=1S/C13H17N3O5/c1-8-5-16(6-9(8)12(19)20)11(18)7-15-4-3-10(17)14(2)13(15)21/h3-4,8-9H,5-7H2,1-2H3,(H,19,20)/t8-,9-/m1/s1. The third-order valence-corrected chi connectivity index (χ3v) is 3.85. The van der Waals surface area contributed by atoms with E-state index in [1.165, 1.54) is 24.2 Å². The van der Waals surface area contributed by atoms with Crippen LogP contribution < -0.4 is 11.2 Å². The third-order valence-electron chi connectivity index (χ3n) is 3.85. The molecule has 0 radical (unpaired) electrons. The lowest BCUT2D eigenvalue weighted by Gasteiger charge is -2.16. The van der Waals surface area contributed by atoms with E-state index in [0.717, 1.165) is 9.13 Å². The van der Waals surface area contributed by atoms with Crippen molar-refractivity contribution in [3.05, 3.63) is 33.1 Å². The number of aliphatic carboxylic acids is 1. The average molecular weight is 295 g/mol. The van der Waals surface area contributed by atoms with Gasteiger partial charge in [-0.1, -0.05) is 6.92 Å². The fraction of sp³-hybridized carbons (Fsp3) is 0.538. The molecular weight excluding hydrogens is 278 g/mol. The van der Waals surface area contributed by atoms with Gasteiger partial charge in [-0.2, -0.15) is 0 Å². The maximum absolute atomic E-state index is 12.2. The zero-order valence-electron chi connectivity index (χ0n) is 11.9. The van der Waals surface area contributed by atoms with Gasteiger partial charge in [-0.25, -0.2) is 4.79 Å². The summed E-state index contributed by atoms with van der Waals surface area (Å²) in [4.78, 5) is 47.8. The molecule has 1 aliphatic rings. The molecule has 0 unspecified atom stereocenters. The molecule has 0 aliphatic carbocycles. The quantitative estimate of drug-likeness (QED) is 0.749. The minimum absolute atomic E-state index is 0.122. The van der Waals surface area contributed by atoms with Crippen molar-refractivity contribution in [2.24, 2.45) is 18.9 Å². The minimum atomic E-state index is -0.919. The molecule has 1 saturated heterocycles. The number of likely N-dealkylation sites (tertiary alicyclic amines) is 1. The van der Waals surface area contributed by atoms with Crippen molar-refractivity contribution in [1.29, 1.82) is 0 Å². The number of amides is 1. The average Bonchev–Trinajstić information content (AvgIpc) is 2.82. The summed E-state index contributed by atoms with van der Waals surface area (Å²) in [7, 11) is 1.34. The van der Waals surface area contributed by atoms with Crippen LogP contribution in [0.1, 0.15) is 6.92 Å². The minimum Gasteiger partial charge on any atom is -0.481 e. The highest BCUT2D eigenvalue weighted by Gasteiger charge is 2.36. The molecule has 1 fully saturated rings. The predicted octanol–water partition coefficient (Wildman–Crippen LogP) is -1.27. The Balaban J connectivity index is 2.13. The van der Waals surface area contributed by atoms with Gasteiger partial charge in [0.25, 0.3) is 5.56 Å². The topological polar surface area (TPSA) is 102 Å². The Hall–Kier alpha value is -2.38. The molecule has 0 spiro atoms. The number of carbonyl (C=O) groups is 2. The van der Waals surface area contributed by atoms with Crippen LogP contribution in [0.15, 0.2) is 21.9 Å². The van der Waals surface area contributed by atoms with Crippen LogP contribution in [0.4, 0.5) is 0 Å². The summed E-state index contributed by atoms with van der Waals surface area (Å²) in [5, 5.41) is 9.05. The van der Waals surface area contributed by atoms with E-state index < -0.39 is 23.1 Å². The van der Waals surface area contributed by atoms with Gasteiger partial charge >= 0.3 is 11.7 Å².